The number of rotatable bonds is 9. The summed E-state index contributed by atoms with van der Waals surface area (Å²) in [6.45, 7) is 5.90. The highest BCUT2D eigenvalue weighted by atomic mass is 16.4. The van der Waals surface area contributed by atoms with Crippen LogP contribution < -0.4 is 0 Å². The Morgan fingerprint density at radius 2 is 1.86 bits per heavy atom. The zero-order valence-electron chi connectivity index (χ0n) is 9.30. The molecule has 0 saturated carbocycles. The molecule has 1 unspecified atom stereocenters. The Morgan fingerprint density at radius 1 is 1.21 bits per heavy atom. The normalized spacial score (nSPS) is 12.7. The van der Waals surface area contributed by atoms with Crippen LogP contribution in [0, 0.1) is 12.8 Å². The maximum absolute atomic E-state index is 10.8. The average Bonchev–Trinajstić information content (AvgIpc) is 2.16. The van der Waals surface area contributed by atoms with E-state index in [4.69, 9.17) is 5.11 Å². The van der Waals surface area contributed by atoms with Gasteiger partial charge in [0.05, 0.1) is 5.92 Å². The summed E-state index contributed by atoms with van der Waals surface area (Å²) < 4.78 is 0. The summed E-state index contributed by atoms with van der Waals surface area (Å²) in [4.78, 5) is 10.8. The summed E-state index contributed by atoms with van der Waals surface area (Å²) in [6, 6.07) is 0. The van der Waals surface area contributed by atoms with Crippen molar-refractivity contribution in [2.45, 2.75) is 58.3 Å². The van der Waals surface area contributed by atoms with E-state index in [1.807, 2.05) is 0 Å². The van der Waals surface area contributed by atoms with Crippen LogP contribution in [0.2, 0.25) is 0 Å². The summed E-state index contributed by atoms with van der Waals surface area (Å²) in [6.07, 6.45) is 8.08. The number of carboxylic acid groups (broad SMARTS) is 1. The van der Waals surface area contributed by atoms with E-state index in [9.17, 15) is 4.79 Å². The molecule has 0 aromatic heterocycles. The van der Waals surface area contributed by atoms with Crippen LogP contribution in [0.5, 0.6) is 0 Å². The first-order valence-electron chi connectivity index (χ1n) is 5.74. The van der Waals surface area contributed by atoms with Gasteiger partial charge in [-0.1, -0.05) is 52.4 Å². The molecule has 0 aliphatic carbocycles. The molecule has 1 N–H and O–H groups in total. The van der Waals surface area contributed by atoms with Gasteiger partial charge in [0.1, 0.15) is 0 Å². The molecular weight excluding hydrogens is 176 g/mol. The Labute approximate surface area is 87.7 Å². The van der Waals surface area contributed by atoms with E-state index in [1.54, 1.807) is 0 Å². The highest BCUT2D eigenvalue weighted by Gasteiger charge is 2.15. The number of hydrogen-bond acceptors (Lipinski definition) is 1. The summed E-state index contributed by atoms with van der Waals surface area (Å²) in [5, 5.41) is 8.94. The Bertz CT molecular complexity index is 143. The minimum atomic E-state index is -0.630. The van der Waals surface area contributed by atoms with E-state index >= 15 is 0 Å². The lowest BCUT2D eigenvalue weighted by molar-refractivity contribution is -0.142. The summed E-state index contributed by atoms with van der Waals surface area (Å²) >= 11 is 0. The molecule has 1 radical (unpaired) electrons. The van der Waals surface area contributed by atoms with Crippen molar-refractivity contribution in [1.29, 1.82) is 0 Å². The molecule has 0 heterocycles. The van der Waals surface area contributed by atoms with Gasteiger partial charge in [0.25, 0.3) is 0 Å². The van der Waals surface area contributed by atoms with E-state index in [1.165, 1.54) is 19.3 Å². The maximum atomic E-state index is 10.8. The third-order valence-corrected chi connectivity index (χ3v) is 2.56. The molecule has 0 spiro atoms. The topological polar surface area (TPSA) is 37.3 Å². The van der Waals surface area contributed by atoms with Crippen molar-refractivity contribution in [2.24, 2.45) is 5.92 Å². The Kier molecular flexibility index (Phi) is 8.70. The fraction of sp³-hybridized carbons (Fsp3) is 0.833. The van der Waals surface area contributed by atoms with Gasteiger partial charge in [0.2, 0.25) is 0 Å². The first kappa shape index (κ1) is 13.5. The molecule has 83 valence electrons. The number of aliphatic carboxylic acids is 1. The standard InChI is InChI=1S/C12H23O2/c1-3-5-7-8-10-11(12(13)14)9-6-4-2/h11H,2-10H2,1H3,(H,13,14). The minimum absolute atomic E-state index is 0.131. The van der Waals surface area contributed by atoms with E-state index in [0.717, 1.165) is 32.1 Å². The zero-order valence-corrected chi connectivity index (χ0v) is 9.30. The Morgan fingerprint density at radius 3 is 2.36 bits per heavy atom. The van der Waals surface area contributed by atoms with Crippen LogP contribution in [0.25, 0.3) is 0 Å². The SMILES string of the molecule is [CH2]CCCC(CCCCCC)C(=O)O. The van der Waals surface area contributed by atoms with Gasteiger partial charge < -0.3 is 5.11 Å². The van der Waals surface area contributed by atoms with Gasteiger partial charge in [0, 0.05) is 0 Å². The van der Waals surface area contributed by atoms with Gasteiger partial charge in [-0.25, -0.2) is 0 Å². The molecule has 1 atom stereocenters. The lowest BCUT2D eigenvalue weighted by Crippen LogP contribution is -2.13. The molecule has 0 bridgehead atoms. The minimum Gasteiger partial charge on any atom is -0.481 e. The van der Waals surface area contributed by atoms with Crippen LogP contribution >= 0.6 is 0 Å². The lowest BCUT2D eigenvalue weighted by atomic mass is 9.95. The van der Waals surface area contributed by atoms with Crippen molar-refractivity contribution in [2.75, 3.05) is 0 Å². The molecule has 14 heavy (non-hydrogen) atoms. The number of carbonyl (C=O) groups is 1. The van der Waals surface area contributed by atoms with Gasteiger partial charge >= 0.3 is 5.97 Å². The highest BCUT2D eigenvalue weighted by molar-refractivity contribution is 5.69. The van der Waals surface area contributed by atoms with Crippen LogP contribution in [0.3, 0.4) is 0 Å². The lowest BCUT2D eigenvalue weighted by Gasteiger charge is -2.10. The van der Waals surface area contributed by atoms with E-state index < -0.39 is 5.97 Å². The van der Waals surface area contributed by atoms with Crippen LogP contribution in [-0.4, -0.2) is 11.1 Å². The van der Waals surface area contributed by atoms with Crippen molar-refractivity contribution in [3.05, 3.63) is 6.92 Å². The predicted molar refractivity (Wildman–Crippen MR) is 59.1 cm³/mol. The predicted octanol–water partition coefficient (Wildman–Crippen LogP) is 3.66. The summed E-state index contributed by atoms with van der Waals surface area (Å²) in [5.74, 6) is -0.761. The van der Waals surface area contributed by atoms with Gasteiger partial charge in [-0.2, -0.15) is 0 Å². The third kappa shape index (κ3) is 6.93. The van der Waals surface area contributed by atoms with E-state index in [0.29, 0.717) is 0 Å². The van der Waals surface area contributed by atoms with Crippen molar-refractivity contribution < 1.29 is 9.90 Å². The summed E-state index contributed by atoms with van der Waals surface area (Å²) in [5.41, 5.74) is 0. The second-order valence-electron chi connectivity index (χ2n) is 3.88. The molecule has 0 amide bonds. The van der Waals surface area contributed by atoms with Gasteiger partial charge in [-0.05, 0) is 12.8 Å². The quantitative estimate of drug-likeness (QED) is 0.575. The number of hydrogen-bond donors (Lipinski definition) is 1. The van der Waals surface area contributed by atoms with E-state index in [-0.39, 0.29) is 5.92 Å². The van der Waals surface area contributed by atoms with Crippen LogP contribution in [-0.2, 0) is 4.79 Å². The van der Waals surface area contributed by atoms with Crippen molar-refractivity contribution in [3.63, 3.8) is 0 Å². The molecule has 0 aliphatic heterocycles. The smallest absolute Gasteiger partial charge is 0.306 e. The molecule has 0 aromatic carbocycles. The van der Waals surface area contributed by atoms with Crippen molar-refractivity contribution in [1.82, 2.24) is 0 Å². The fourth-order valence-electron chi connectivity index (χ4n) is 1.60. The molecule has 0 aliphatic rings. The molecule has 2 heteroatoms. The largest absolute Gasteiger partial charge is 0.481 e. The summed E-state index contributed by atoms with van der Waals surface area (Å²) in [7, 11) is 0. The molecule has 2 nitrogen and oxygen atoms in total. The van der Waals surface area contributed by atoms with Crippen LogP contribution in [0.15, 0.2) is 0 Å². The first-order valence-corrected chi connectivity index (χ1v) is 5.74. The second-order valence-corrected chi connectivity index (χ2v) is 3.88. The molecule has 0 fully saturated rings. The average molecular weight is 199 g/mol. The third-order valence-electron chi connectivity index (χ3n) is 2.56. The molecule has 0 rings (SSSR count). The van der Waals surface area contributed by atoms with Crippen molar-refractivity contribution in [3.8, 4) is 0 Å². The van der Waals surface area contributed by atoms with Gasteiger partial charge in [-0.15, -0.1) is 0 Å². The van der Waals surface area contributed by atoms with Crippen LogP contribution in [0.1, 0.15) is 58.3 Å². The van der Waals surface area contributed by atoms with Crippen molar-refractivity contribution >= 4 is 5.97 Å². The number of carboxylic acids is 1. The highest BCUT2D eigenvalue weighted by Crippen LogP contribution is 2.17. The molecular formula is C12H23O2. The van der Waals surface area contributed by atoms with Gasteiger partial charge in [0.15, 0.2) is 0 Å². The maximum Gasteiger partial charge on any atom is 0.306 e. The Balaban J connectivity index is 3.57. The monoisotopic (exact) mass is 199 g/mol. The van der Waals surface area contributed by atoms with Gasteiger partial charge in [-0.3, -0.25) is 4.79 Å². The van der Waals surface area contributed by atoms with E-state index in [2.05, 4.69) is 13.8 Å². The fourth-order valence-corrected chi connectivity index (χ4v) is 1.60. The first-order chi connectivity index (χ1) is 6.72. The second kappa shape index (κ2) is 9.04. The van der Waals surface area contributed by atoms with Crippen LogP contribution in [0.4, 0.5) is 0 Å². The zero-order chi connectivity index (χ0) is 10.8. The molecule has 0 saturated heterocycles. The number of unbranched alkanes of at least 4 members (excludes halogenated alkanes) is 4. The molecule has 0 aromatic rings. The Hall–Kier alpha value is -0.530.